The van der Waals surface area contributed by atoms with Crippen LogP contribution in [0.25, 0.3) is 0 Å². The van der Waals surface area contributed by atoms with Crippen LogP contribution in [0, 0.1) is 31.0 Å². The van der Waals surface area contributed by atoms with E-state index in [1.165, 1.54) is 6.07 Å². The number of aryl methyl sites for hydroxylation is 2. The summed E-state index contributed by atoms with van der Waals surface area (Å²) in [4.78, 5) is 0. The van der Waals surface area contributed by atoms with E-state index in [9.17, 15) is 9.65 Å². The molecule has 2 aromatic carbocycles. The molecule has 1 atom stereocenters. The Kier molecular flexibility index (Phi) is 5.55. The zero-order valence-electron chi connectivity index (χ0n) is 13.0. The van der Waals surface area contributed by atoms with Gasteiger partial charge in [-0.15, -0.1) is 0 Å². The molecule has 1 unspecified atom stereocenters. The van der Waals surface area contributed by atoms with E-state index in [-0.39, 0.29) is 5.82 Å². The number of nitrogens with zero attached hydrogens (tertiary/aromatic N) is 1. The minimum absolute atomic E-state index is 0.315. The first-order valence-corrected chi connectivity index (χ1v) is 7.46. The highest BCUT2D eigenvalue weighted by Gasteiger charge is 2.14. The van der Waals surface area contributed by atoms with E-state index < -0.39 is 5.92 Å². The summed E-state index contributed by atoms with van der Waals surface area (Å²) >= 11 is 0. The van der Waals surface area contributed by atoms with Crippen LogP contribution >= 0.6 is 0 Å². The molecular formula is C19H20FNO. The third-order valence-electron chi connectivity index (χ3n) is 3.73. The van der Waals surface area contributed by atoms with Crippen molar-refractivity contribution in [3.05, 3.63) is 65.0 Å². The maximum absolute atomic E-state index is 13.7. The van der Waals surface area contributed by atoms with Crippen LogP contribution in [0.1, 0.15) is 35.4 Å². The largest absolute Gasteiger partial charge is 0.493 e. The van der Waals surface area contributed by atoms with Gasteiger partial charge in [0.2, 0.25) is 0 Å². The minimum atomic E-state index is -0.428. The summed E-state index contributed by atoms with van der Waals surface area (Å²) in [6.45, 7) is 4.55. The van der Waals surface area contributed by atoms with Crippen molar-refractivity contribution in [1.29, 1.82) is 5.26 Å². The quantitative estimate of drug-likeness (QED) is 0.710. The Morgan fingerprint density at radius 3 is 2.41 bits per heavy atom. The van der Waals surface area contributed by atoms with Crippen LogP contribution in [0.4, 0.5) is 4.39 Å². The Balaban J connectivity index is 1.91. The van der Waals surface area contributed by atoms with Gasteiger partial charge in [0, 0.05) is 5.56 Å². The van der Waals surface area contributed by atoms with Gasteiger partial charge in [-0.2, -0.15) is 5.26 Å². The van der Waals surface area contributed by atoms with Gasteiger partial charge in [0.1, 0.15) is 11.6 Å². The molecule has 2 rings (SSSR count). The number of para-hydroxylation sites is 1. The first-order chi connectivity index (χ1) is 10.6. The Morgan fingerprint density at radius 2 is 1.77 bits per heavy atom. The second-order valence-corrected chi connectivity index (χ2v) is 5.41. The average Bonchev–Trinajstić information content (AvgIpc) is 2.51. The third kappa shape index (κ3) is 3.85. The number of rotatable bonds is 6. The molecule has 0 N–H and O–H groups in total. The van der Waals surface area contributed by atoms with E-state index in [0.717, 1.165) is 16.9 Å². The van der Waals surface area contributed by atoms with Crippen LogP contribution in [0.15, 0.2) is 42.5 Å². The molecule has 114 valence electrons. The van der Waals surface area contributed by atoms with Gasteiger partial charge < -0.3 is 4.74 Å². The number of hydrogen-bond acceptors (Lipinski definition) is 2. The molecule has 0 aliphatic carbocycles. The lowest BCUT2D eigenvalue weighted by atomic mass is 9.95. The molecule has 0 aromatic heterocycles. The van der Waals surface area contributed by atoms with E-state index in [2.05, 4.69) is 6.07 Å². The zero-order chi connectivity index (χ0) is 15.9. The summed E-state index contributed by atoms with van der Waals surface area (Å²) in [6.07, 6.45) is 1.29. The molecule has 2 nitrogen and oxygen atoms in total. The molecule has 22 heavy (non-hydrogen) atoms. The van der Waals surface area contributed by atoms with Crippen molar-refractivity contribution >= 4 is 0 Å². The van der Waals surface area contributed by atoms with E-state index >= 15 is 0 Å². The number of halogens is 1. The maximum Gasteiger partial charge on any atom is 0.127 e. The molecule has 0 saturated heterocycles. The molecule has 2 aromatic rings. The van der Waals surface area contributed by atoms with Crippen LogP contribution in [0.5, 0.6) is 5.75 Å². The molecule has 0 heterocycles. The first kappa shape index (κ1) is 16.0. The molecule has 0 radical (unpaired) electrons. The zero-order valence-corrected chi connectivity index (χ0v) is 13.0. The number of nitriles is 1. The van der Waals surface area contributed by atoms with Gasteiger partial charge in [-0.05, 0) is 43.9 Å². The maximum atomic E-state index is 13.7. The van der Waals surface area contributed by atoms with Crippen molar-refractivity contribution in [3.63, 3.8) is 0 Å². The third-order valence-corrected chi connectivity index (χ3v) is 3.73. The fourth-order valence-electron chi connectivity index (χ4n) is 2.54. The lowest BCUT2D eigenvalue weighted by Gasteiger charge is -2.13. The number of ether oxygens (including phenoxy) is 1. The monoisotopic (exact) mass is 297 g/mol. The van der Waals surface area contributed by atoms with Crippen LogP contribution in [-0.2, 0) is 0 Å². The second-order valence-electron chi connectivity index (χ2n) is 5.41. The van der Waals surface area contributed by atoms with Gasteiger partial charge in [-0.3, -0.25) is 0 Å². The lowest BCUT2D eigenvalue weighted by Crippen LogP contribution is -2.05. The topological polar surface area (TPSA) is 33.0 Å². The number of benzene rings is 2. The van der Waals surface area contributed by atoms with E-state index in [1.54, 1.807) is 18.2 Å². The molecule has 0 spiro atoms. The molecule has 0 saturated carbocycles. The molecule has 0 fully saturated rings. The Morgan fingerprint density at radius 1 is 1.09 bits per heavy atom. The molecular weight excluding hydrogens is 277 g/mol. The minimum Gasteiger partial charge on any atom is -0.493 e. The Bertz CT molecular complexity index is 655. The number of hydrogen-bond donors (Lipinski definition) is 0. The van der Waals surface area contributed by atoms with Gasteiger partial charge >= 0.3 is 0 Å². The van der Waals surface area contributed by atoms with E-state index in [1.807, 2.05) is 32.0 Å². The summed E-state index contributed by atoms with van der Waals surface area (Å²) in [6, 6.07) is 14.7. The van der Waals surface area contributed by atoms with Crippen molar-refractivity contribution < 1.29 is 9.13 Å². The predicted molar refractivity (Wildman–Crippen MR) is 85.4 cm³/mol. The molecule has 0 aliphatic heterocycles. The lowest BCUT2D eigenvalue weighted by molar-refractivity contribution is 0.300. The summed E-state index contributed by atoms with van der Waals surface area (Å²) in [5.74, 6) is 0.161. The SMILES string of the molecule is Cc1cccc(C)c1OCCCC(C#N)c1ccccc1F. The smallest absolute Gasteiger partial charge is 0.127 e. The molecule has 0 aliphatic rings. The van der Waals surface area contributed by atoms with Gasteiger partial charge in [0.25, 0.3) is 0 Å². The first-order valence-electron chi connectivity index (χ1n) is 7.46. The Labute approximate surface area is 131 Å². The van der Waals surface area contributed by atoms with E-state index in [4.69, 9.17) is 4.74 Å². The predicted octanol–water partition coefficient (Wildman–Crippen LogP) is 4.91. The summed E-state index contributed by atoms with van der Waals surface area (Å²) < 4.78 is 19.5. The highest BCUT2D eigenvalue weighted by molar-refractivity contribution is 5.39. The molecule has 3 heteroatoms. The highest BCUT2D eigenvalue weighted by Crippen LogP contribution is 2.25. The molecule has 0 amide bonds. The summed E-state index contributed by atoms with van der Waals surface area (Å²) in [5, 5.41) is 9.25. The van der Waals surface area contributed by atoms with E-state index in [0.29, 0.717) is 25.0 Å². The van der Waals surface area contributed by atoms with Gasteiger partial charge in [-0.1, -0.05) is 36.4 Å². The van der Waals surface area contributed by atoms with Crippen LogP contribution in [0.3, 0.4) is 0 Å². The summed E-state index contributed by atoms with van der Waals surface area (Å²) in [5.41, 5.74) is 2.67. The van der Waals surface area contributed by atoms with Crippen LogP contribution in [0.2, 0.25) is 0 Å². The van der Waals surface area contributed by atoms with Crippen LogP contribution < -0.4 is 4.74 Å². The van der Waals surface area contributed by atoms with Gasteiger partial charge in [0.15, 0.2) is 0 Å². The fourth-order valence-corrected chi connectivity index (χ4v) is 2.54. The second kappa shape index (κ2) is 7.61. The average molecular weight is 297 g/mol. The van der Waals surface area contributed by atoms with Crippen molar-refractivity contribution in [2.75, 3.05) is 6.61 Å². The van der Waals surface area contributed by atoms with Crippen LogP contribution in [-0.4, -0.2) is 6.61 Å². The fraction of sp³-hybridized carbons (Fsp3) is 0.316. The van der Waals surface area contributed by atoms with Crippen molar-refractivity contribution in [1.82, 2.24) is 0 Å². The van der Waals surface area contributed by atoms with Crippen molar-refractivity contribution in [2.24, 2.45) is 0 Å². The van der Waals surface area contributed by atoms with Crippen molar-refractivity contribution in [2.45, 2.75) is 32.6 Å². The van der Waals surface area contributed by atoms with Gasteiger partial charge in [-0.25, -0.2) is 4.39 Å². The Hall–Kier alpha value is -2.34. The normalized spacial score (nSPS) is 11.7. The highest BCUT2D eigenvalue weighted by atomic mass is 19.1. The van der Waals surface area contributed by atoms with Gasteiger partial charge in [0.05, 0.1) is 18.6 Å². The summed E-state index contributed by atoms with van der Waals surface area (Å²) in [7, 11) is 0. The molecule has 0 bridgehead atoms. The van der Waals surface area contributed by atoms with Crippen molar-refractivity contribution in [3.8, 4) is 11.8 Å². The standard InChI is InChI=1S/C19H20FNO/c1-14-7-5-8-15(2)19(14)22-12-6-9-16(13-21)17-10-3-4-11-18(17)20/h3-5,7-8,10-11,16H,6,9,12H2,1-2H3.